The zero-order valence-corrected chi connectivity index (χ0v) is 29.5. The highest BCUT2D eigenvalue weighted by atomic mass is 32.1. The third kappa shape index (κ3) is 6.99. The number of amides is 3. The van der Waals surface area contributed by atoms with Gasteiger partial charge in [-0.1, -0.05) is 37.8 Å². The summed E-state index contributed by atoms with van der Waals surface area (Å²) < 4.78 is 14.3. The number of ether oxygens (including phenoxy) is 2. The number of allylic oxidation sites excluding steroid dienone is 1. The van der Waals surface area contributed by atoms with Gasteiger partial charge in [-0.25, -0.2) is 14.8 Å². The lowest BCUT2D eigenvalue weighted by Gasteiger charge is -2.30. The van der Waals surface area contributed by atoms with Crippen LogP contribution in [0.2, 0.25) is 0 Å². The molecule has 3 fully saturated rings. The van der Waals surface area contributed by atoms with E-state index in [1.807, 2.05) is 35.3 Å². The minimum absolute atomic E-state index is 0.106. The first-order valence-electron chi connectivity index (χ1n) is 17.8. The average molecular weight is 704 g/mol. The molecule has 50 heavy (non-hydrogen) atoms. The number of carbonyl (C=O) groups is 4. The summed E-state index contributed by atoms with van der Waals surface area (Å²) >= 11 is 1.45. The van der Waals surface area contributed by atoms with Gasteiger partial charge in [0.15, 0.2) is 11.6 Å². The molecule has 5 atom stereocenters. The van der Waals surface area contributed by atoms with Crippen molar-refractivity contribution < 1.29 is 28.7 Å². The summed E-state index contributed by atoms with van der Waals surface area (Å²) in [5, 5.41) is 7.97. The Morgan fingerprint density at radius 2 is 1.94 bits per heavy atom. The molecule has 0 spiro atoms. The van der Waals surface area contributed by atoms with Crippen LogP contribution in [0.3, 0.4) is 0 Å². The summed E-state index contributed by atoms with van der Waals surface area (Å²) in [7, 11) is 3.18. The number of rotatable bonds is 7. The number of thiophene rings is 1. The maximum Gasteiger partial charge on any atom is 0.332 e. The van der Waals surface area contributed by atoms with Crippen molar-refractivity contribution in [2.45, 2.75) is 101 Å². The van der Waals surface area contributed by atoms with Crippen LogP contribution in [0.25, 0.3) is 21.9 Å². The molecule has 2 N–H and O–H groups in total. The van der Waals surface area contributed by atoms with Crippen molar-refractivity contribution in [3.63, 3.8) is 0 Å². The molecule has 0 aromatic carbocycles. The molecule has 0 bridgehead atoms. The first-order chi connectivity index (χ1) is 24.3. The lowest BCUT2D eigenvalue weighted by Crippen LogP contribution is -2.56. The summed E-state index contributed by atoms with van der Waals surface area (Å²) in [6.07, 6.45) is 16.1. The number of aromatic nitrogens is 4. The van der Waals surface area contributed by atoms with Crippen LogP contribution >= 0.6 is 11.3 Å². The van der Waals surface area contributed by atoms with E-state index < -0.39 is 35.6 Å². The Kier molecular flexibility index (Phi) is 9.89. The molecule has 266 valence electrons. The molecule has 3 amide bonds. The predicted molar refractivity (Wildman–Crippen MR) is 186 cm³/mol. The third-order valence-electron chi connectivity index (χ3n) is 10.6. The van der Waals surface area contributed by atoms with Crippen LogP contribution in [0, 0.1) is 11.8 Å². The maximum atomic E-state index is 14.5. The number of nitrogens with zero attached hydrogens (tertiary/aromatic N) is 5. The van der Waals surface area contributed by atoms with E-state index in [1.54, 1.807) is 6.20 Å². The first-order valence-corrected chi connectivity index (χ1v) is 18.7. The Labute approximate surface area is 295 Å². The van der Waals surface area contributed by atoms with Gasteiger partial charge in [-0.05, 0) is 55.9 Å². The van der Waals surface area contributed by atoms with E-state index in [0.29, 0.717) is 48.2 Å². The lowest BCUT2D eigenvalue weighted by molar-refractivity contribution is -0.148. The van der Waals surface area contributed by atoms with Crippen molar-refractivity contribution in [2.24, 2.45) is 18.9 Å². The van der Waals surface area contributed by atoms with Crippen LogP contribution in [-0.4, -0.2) is 85.5 Å². The number of imidazole rings is 1. The summed E-state index contributed by atoms with van der Waals surface area (Å²) in [5.41, 5.74) is -0.477. The molecule has 7 rings (SSSR count). The monoisotopic (exact) mass is 703 g/mol. The molecular formula is C36H45N7O6S. The highest BCUT2D eigenvalue weighted by Gasteiger charge is 2.62. The Morgan fingerprint density at radius 3 is 2.72 bits per heavy atom. The zero-order valence-electron chi connectivity index (χ0n) is 28.6. The van der Waals surface area contributed by atoms with Gasteiger partial charge in [-0.3, -0.25) is 14.4 Å². The highest BCUT2D eigenvalue weighted by Crippen LogP contribution is 2.46. The molecule has 2 saturated carbocycles. The molecule has 5 heterocycles. The topological polar surface area (TPSA) is 158 Å². The number of hydrogen-bond donors (Lipinski definition) is 2. The van der Waals surface area contributed by atoms with Gasteiger partial charge in [0, 0.05) is 38.2 Å². The maximum absolute atomic E-state index is 14.5. The van der Waals surface area contributed by atoms with Crippen LogP contribution in [-0.2, 0) is 31.0 Å². The minimum atomic E-state index is -1.18. The number of fused-ring (bicyclic) bond motifs is 3. The second-order valence-electron chi connectivity index (χ2n) is 14.1. The van der Waals surface area contributed by atoms with E-state index in [9.17, 15) is 19.2 Å². The molecule has 2 aliphatic carbocycles. The molecule has 14 heteroatoms. The van der Waals surface area contributed by atoms with E-state index in [4.69, 9.17) is 19.4 Å². The van der Waals surface area contributed by atoms with Gasteiger partial charge in [0.05, 0.1) is 19.2 Å². The molecule has 2 aliphatic heterocycles. The number of methoxy groups -OCH3 is 1. The van der Waals surface area contributed by atoms with Crippen LogP contribution in [0.15, 0.2) is 36.0 Å². The van der Waals surface area contributed by atoms with Crippen molar-refractivity contribution in [1.29, 1.82) is 0 Å². The highest BCUT2D eigenvalue weighted by molar-refractivity contribution is 7.17. The molecule has 4 aliphatic rings. The van der Waals surface area contributed by atoms with Crippen LogP contribution in [0.1, 0.15) is 77.0 Å². The fourth-order valence-corrected chi connectivity index (χ4v) is 8.56. The van der Waals surface area contributed by atoms with E-state index in [1.165, 1.54) is 23.3 Å². The number of hydrogen-bond acceptors (Lipinski definition) is 10. The number of aryl methyl sites for hydroxylation is 1. The second-order valence-corrected chi connectivity index (χ2v) is 15.1. The van der Waals surface area contributed by atoms with Crippen LogP contribution in [0.4, 0.5) is 0 Å². The molecule has 0 radical (unpaired) electrons. The van der Waals surface area contributed by atoms with Gasteiger partial charge in [-0.2, -0.15) is 4.98 Å². The Balaban J connectivity index is 1.18. The smallest absolute Gasteiger partial charge is 0.332 e. The lowest BCUT2D eigenvalue weighted by atomic mass is 10.0. The van der Waals surface area contributed by atoms with Gasteiger partial charge in [-0.15, -0.1) is 11.3 Å². The van der Waals surface area contributed by atoms with Crippen molar-refractivity contribution >= 4 is 45.2 Å². The van der Waals surface area contributed by atoms with Gasteiger partial charge in [0.1, 0.15) is 28.4 Å². The first kappa shape index (κ1) is 34.1. The number of carbonyl (C=O) groups excluding carboxylic acids is 4. The van der Waals surface area contributed by atoms with E-state index >= 15 is 0 Å². The van der Waals surface area contributed by atoms with Crippen LogP contribution in [0.5, 0.6) is 5.88 Å². The average Bonchev–Trinajstić information content (AvgIpc) is 3.71. The van der Waals surface area contributed by atoms with Crippen molar-refractivity contribution in [2.75, 3.05) is 13.7 Å². The molecule has 3 aromatic heterocycles. The second kappa shape index (κ2) is 14.5. The molecule has 13 nitrogen and oxygen atoms in total. The van der Waals surface area contributed by atoms with Crippen LogP contribution < -0.4 is 15.4 Å². The fraction of sp³-hybridized carbons (Fsp3) is 0.583. The van der Waals surface area contributed by atoms with E-state index in [2.05, 4.69) is 21.7 Å². The minimum Gasteiger partial charge on any atom is -0.471 e. The largest absolute Gasteiger partial charge is 0.471 e. The van der Waals surface area contributed by atoms with Crippen molar-refractivity contribution in [3.8, 4) is 17.5 Å². The summed E-state index contributed by atoms with van der Waals surface area (Å²) in [6, 6.07) is 0.176. The SMILES string of the molecule is COC(=O)[C@@]12C[C@@H]1/C=C\CCCCC[C@H](NC(=O)CC1CCCC1)C(=O)N1C[C@H](Oc3nc(-c4nccn4C)nc4ccsc34)C[C@H]1C(=O)N2. The summed E-state index contributed by atoms with van der Waals surface area (Å²) in [6.45, 7) is 0.106. The fourth-order valence-electron chi connectivity index (χ4n) is 7.80. The molecule has 3 aromatic rings. The summed E-state index contributed by atoms with van der Waals surface area (Å²) in [4.78, 5) is 70.4. The Bertz CT molecular complexity index is 1780. The Morgan fingerprint density at radius 1 is 1.12 bits per heavy atom. The molecule has 0 unspecified atom stereocenters. The zero-order chi connectivity index (χ0) is 34.8. The molecular weight excluding hydrogens is 659 g/mol. The van der Waals surface area contributed by atoms with Gasteiger partial charge < -0.3 is 29.6 Å². The summed E-state index contributed by atoms with van der Waals surface area (Å²) in [5.74, 6) is 0.0689. The standard InChI is InChI=1S/C36H45N7O6S/c1-42-16-15-37-31(42)30-39-25-14-17-50-29(25)33(40-30)49-24-19-27-32(45)41-36(35(47)48-2)20-23(36)12-6-4-3-5-7-13-26(34(46)43(27)21-24)38-28(44)18-22-10-8-9-11-22/h6,12,14-17,22-24,26-27H,3-5,7-11,13,18-21H2,1-2H3,(H,38,44)(H,41,45)/b12-6-/t23-,24+,26-,27-,36+/m0/s1. The van der Waals surface area contributed by atoms with Gasteiger partial charge in [0.2, 0.25) is 23.6 Å². The van der Waals surface area contributed by atoms with Gasteiger partial charge in [0.25, 0.3) is 0 Å². The van der Waals surface area contributed by atoms with Gasteiger partial charge >= 0.3 is 5.97 Å². The normalized spacial score (nSPS) is 28.2. The van der Waals surface area contributed by atoms with Crippen molar-refractivity contribution in [3.05, 3.63) is 36.0 Å². The predicted octanol–water partition coefficient (Wildman–Crippen LogP) is 4.07. The third-order valence-corrected chi connectivity index (χ3v) is 11.5. The van der Waals surface area contributed by atoms with Crippen molar-refractivity contribution in [1.82, 2.24) is 35.1 Å². The Hall–Kier alpha value is -4.33. The number of nitrogens with one attached hydrogen (secondary N) is 2. The molecule has 1 saturated heterocycles. The van der Waals surface area contributed by atoms with E-state index in [0.717, 1.165) is 56.1 Å². The van der Waals surface area contributed by atoms with E-state index in [-0.39, 0.29) is 30.7 Å². The quantitative estimate of drug-likeness (QED) is 0.273. The number of esters is 1.